The standard InChI is InChI=1S/C20H28N4OS/c1-14-4-5-15-16(12-14)26-20-18(15)19(24-6-2-3-7-24)21-17(22-20)13-23-8-10-25-11-9-23/h14H,2-13H2,1H3/t14-/m0/s1. The zero-order valence-corrected chi connectivity index (χ0v) is 16.5. The molecule has 0 bridgehead atoms. The van der Waals surface area contributed by atoms with Gasteiger partial charge in [-0.1, -0.05) is 6.92 Å². The predicted molar refractivity (Wildman–Crippen MR) is 106 cm³/mol. The molecule has 0 unspecified atom stereocenters. The van der Waals surface area contributed by atoms with Crippen molar-refractivity contribution in [2.45, 2.75) is 45.6 Å². The molecule has 1 aliphatic carbocycles. The average Bonchev–Trinajstić information content (AvgIpc) is 3.29. The fourth-order valence-corrected chi connectivity index (χ4v) is 5.95. The lowest BCUT2D eigenvalue weighted by atomic mass is 9.89. The van der Waals surface area contributed by atoms with E-state index >= 15 is 0 Å². The predicted octanol–water partition coefficient (Wildman–Crippen LogP) is 3.25. The Morgan fingerprint density at radius 3 is 2.73 bits per heavy atom. The van der Waals surface area contributed by atoms with Crippen molar-refractivity contribution in [3.63, 3.8) is 0 Å². The first-order valence-electron chi connectivity index (χ1n) is 10.1. The highest BCUT2D eigenvalue weighted by atomic mass is 32.1. The van der Waals surface area contributed by atoms with Crippen LogP contribution in [0.25, 0.3) is 10.2 Å². The Hall–Kier alpha value is -1.24. The molecule has 2 aliphatic heterocycles. The van der Waals surface area contributed by atoms with E-state index in [1.54, 1.807) is 10.4 Å². The maximum absolute atomic E-state index is 5.49. The van der Waals surface area contributed by atoms with E-state index in [1.165, 1.54) is 48.1 Å². The van der Waals surface area contributed by atoms with Gasteiger partial charge in [0.05, 0.1) is 25.1 Å². The summed E-state index contributed by atoms with van der Waals surface area (Å²) in [5, 5.41) is 1.38. The number of fused-ring (bicyclic) bond motifs is 3. The number of aromatic nitrogens is 2. The molecule has 0 aromatic carbocycles. The highest BCUT2D eigenvalue weighted by Gasteiger charge is 2.27. The number of aryl methyl sites for hydroxylation is 1. The first-order valence-corrected chi connectivity index (χ1v) is 11.0. The van der Waals surface area contributed by atoms with Crippen molar-refractivity contribution < 1.29 is 4.74 Å². The van der Waals surface area contributed by atoms with Crippen LogP contribution in [-0.4, -0.2) is 54.3 Å². The molecule has 0 radical (unpaired) electrons. The molecule has 1 atom stereocenters. The van der Waals surface area contributed by atoms with Gasteiger partial charge in [0.1, 0.15) is 16.5 Å². The number of rotatable bonds is 3. The summed E-state index contributed by atoms with van der Waals surface area (Å²) >= 11 is 1.93. The van der Waals surface area contributed by atoms with Crippen molar-refractivity contribution in [3.05, 3.63) is 16.3 Å². The third kappa shape index (κ3) is 3.12. The zero-order chi connectivity index (χ0) is 17.5. The van der Waals surface area contributed by atoms with Crippen LogP contribution < -0.4 is 4.90 Å². The summed E-state index contributed by atoms with van der Waals surface area (Å²) in [5.74, 6) is 3.02. The minimum atomic E-state index is 0.798. The van der Waals surface area contributed by atoms with E-state index in [-0.39, 0.29) is 0 Å². The lowest BCUT2D eigenvalue weighted by molar-refractivity contribution is 0.0331. The molecule has 3 aliphatic rings. The Morgan fingerprint density at radius 1 is 1.12 bits per heavy atom. The van der Waals surface area contributed by atoms with E-state index in [0.717, 1.165) is 57.7 Å². The Labute approximate surface area is 159 Å². The van der Waals surface area contributed by atoms with Gasteiger partial charge in [0.2, 0.25) is 0 Å². The van der Waals surface area contributed by atoms with E-state index in [2.05, 4.69) is 16.7 Å². The van der Waals surface area contributed by atoms with Crippen LogP contribution in [0.1, 0.15) is 42.5 Å². The number of hydrogen-bond acceptors (Lipinski definition) is 6. The summed E-state index contributed by atoms with van der Waals surface area (Å²) in [6.45, 7) is 9.13. The maximum Gasteiger partial charge on any atom is 0.146 e. The molecule has 5 rings (SSSR count). The number of hydrogen-bond donors (Lipinski definition) is 0. The lowest BCUT2D eigenvalue weighted by Gasteiger charge is -2.26. The van der Waals surface area contributed by atoms with Crippen LogP contribution in [0.4, 0.5) is 5.82 Å². The van der Waals surface area contributed by atoms with Gasteiger partial charge >= 0.3 is 0 Å². The van der Waals surface area contributed by atoms with Gasteiger partial charge in [-0.2, -0.15) is 0 Å². The second kappa shape index (κ2) is 7.06. The molecule has 0 spiro atoms. The van der Waals surface area contributed by atoms with Crippen molar-refractivity contribution in [3.8, 4) is 0 Å². The smallest absolute Gasteiger partial charge is 0.146 e. The fourth-order valence-electron chi connectivity index (χ4n) is 4.55. The van der Waals surface area contributed by atoms with Crippen LogP contribution in [0.15, 0.2) is 0 Å². The van der Waals surface area contributed by atoms with Crippen LogP contribution in [0.3, 0.4) is 0 Å². The topological polar surface area (TPSA) is 41.5 Å². The Kier molecular flexibility index (Phi) is 4.59. The average molecular weight is 373 g/mol. The third-order valence-electron chi connectivity index (χ3n) is 6.06. The Morgan fingerprint density at radius 2 is 1.92 bits per heavy atom. The van der Waals surface area contributed by atoms with E-state index in [1.807, 2.05) is 11.3 Å². The zero-order valence-electron chi connectivity index (χ0n) is 15.7. The number of anilines is 1. The van der Waals surface area contributed by atoms with Gasteiger partial charge in [-0.15, -0.1) is 11.3 Å². The molecule has 4 heterocycles. The maximum atomic E-state index is 5.49. The number of ether oxygens (including phenoxy) is 1. The van der Waals surface area contributed by atoms with E-state index in [4.69, 9.17) is 14.7 Å². The van der Waals surface area contributed by atoms with Crippen molar-refractivity contribution in [2.75, 3.05) is 44.3 Å². The SMILES string of the molecule is C[C@H]1CCc2c(sc3nc(CN4CCOCC4)nc(N4CCCC4)c23)C1. The van der Waals surface area contributed by atoms with Gasteiger partial charge in [-0.25, -0.2) is 9.97 Å². The van der Waals surface area contributed by atoms with Gasteiger partial charge < -0.3 is 9.64 Å². The molecule has 0 saturated carbocycles. The molecule has 140 valence electrons. The summed E-state index contributed by atoms with van der Waals surface area (Å²) in [5.41, 5.74) is 1.56. The van der Waals surface area contributed by atoms with E-state index in [9.17, 15) is 0 Å². The third-order valence-corrected chi connectivity index (χ3v) is 7.20. The van der Waals surface area contributed by atoms with Gasteiger partial charge in [0.25, 0.3) is 0 Å². The summed E-state index contributed by atoms with van der Waals surface area (Å²) in [4.78, 5) is 17.9. The summed E-state index contributed by atoms with van der Waals surface area (Å²) in [6.07, 6.45) is 6.28. The number of nitrogens with zero attached hydrogens (tertiary/aromatic N) is 4. The van der Waals surface area contributed by atoms with Crippen LogP contribution in [0.2, 0.25) is 0 Å². The van der Waals surface area contributed by atoms with Crippen LogP contribution in [0.5, 0.6) is 0 Å². The molecule has 6 heteroatoms. The quantitative estimate of drug-likeness (QED) is 0.827. The molecule has 0 N–H and O–H groups in total. The molecular weight excluding hydrogens is 344 g/mol. The van der Waals surface area contributed by atoms with Gasteiger partial charge in [0, 0.05) is 31.1 Å². The molecule has 2 aromatic rings. The molecule has 2 aromatic heterocycles. The van der Waals surface area contributed by atoms with Crippen molar-refractivity contribution in [1.82, 2.24) is 14.9 Å². The van der Waals surface area contributed by atoms with Crippen LogP contribution in [0, 0.1) is 5.92 Å². The Balaban J connectivity index is 1.56. The first-order chi connectivity index (χ1) is 12.8. The highest BCUT2D eigenvalue weighted by Crippen LogP contribution is 2.41. The summed E-state index contributed by atoms with van der Waals surface area (Å²) in [7, 11) is 0. The molecular formula is C20H28N4OS. The van der Waals surface area contributed by atoms with Gasteiger partial charge in [-0.3, -0.25) is 4.90 Å². The van der Waals surface area contributed by atoms with Crippen LogP contribution >= 0.6 is 11.3 Å². The monoisotopic (exact) mass is 372 g/mol. The molecule has 26 heavy (non-hydrogen) atoms. The van der Waals surface area contributed by atoms with Crippen LogP contribution in [-0.2, 0) is 24.1 Å². The minimum absolute atomic E-state index is 0.798. The minimum Gasteiger partial charge on any atom is -0.379 e. The lowest BCUT2D eigenvalue weighted by Crippen LogP contribution is -2.36. The van der Waals surface area contributed by atoms with Crippen molar-refractivity contribution in [1.29, 1.82) is 0 Å². The van der Waals surface area contributed by atoms with Gasteiger partial charge in [-0.05, 0) is 43.6 Å². The Bertz CT molecular complexity index is 793. The number of thiophene rings is 1. The highest BCUT2D eigenvalue weighted by molar-refractivity contribution is 7.19. The number of morpholine rings is 1. The normalized spacial score (nSPS) is 24.3. The largest absolute Gasteiger partial charge is 0.379 e. The molecule has 2 saturated heterocycles. The first kappa shape index (κ1) is 16.9. The summed E-state index contributed by atoms with van der Waals surface area (Å²) < 4.78 is 5.49. The van der Waals surface area contributed by atoms with E-state index < -0.39 is 0 Å². The van der Waals surface area contributed by atoms with Crippen molar-refractivity contribution >= 4 is 27.4 Å². The van der Waals surface area contributed by atoms with Crippen molar-refractivity contribution in [2.24, 2.45) is 5.92 Å². The molecule has 0 amide bonds. The molecule has 5 nitrogen and oxygen atoms in total. The summed E-state index contributed by atoms with van der Waals surface area (Å²) in [6, 6.07) is 0. The molecule has 2 fully saturated rings. The fraction of sp³-hybridized carbons (Fsp3) is 0.700. The van der Waals surface area contributed by atoms with E-state index in [0.29, 0.717) is 0 Å². The second-order valence-electron chi connectivity index (χ2n) is 8.08. The second-order valence-corrected chi connectivity index (χ2v) is 9.16. The van der Waals surface area contributed by atoms with Gasteiger partial charge in [0.15, 0.2) is 0 Å².